The maximum absolute atomic E-state index is 4.54. The second-order valence-electron chi connectivity index (χ2n) is 4.32. The first-order valence-electron chi connectivity index (χ1n) is 6.31. The summed E-state index contributed by atoms with van der Waals surface area (Å²) in [6.07, 6.45) is 4.28. The molecule has 16 heavy (non-hydrogen) atoms. The van der Waals surface area contributed by atoms with Crippen LogP contribution in [0, 0.1) is 0 Å². The van der Waals surface area contributed by atoms with Gasteiger partial charge in [-0.3, -0.25) is 0 Å². The molecule has 0 bridgehead atoms. The first-order valence-corrected chi connectivity index (χ1v) is 6.31. The van der Waals surface area contributed by atoms with Crippen LogP contribution in [0.2, 0.25) is 0 Å². The number of rotatable bonds is 4. The number of pyridine rings is 1. The molecule has 0 saturated heterocycles. The standard InChI is InChI=1S/C13H21N3/c1-3-8-15-10-11-16(9-4-2)13-12(15)6-5-7-14-13/h5-7H,3-4,8-11H2,1-2H3. The summed E-state index contributed by atoms with van der Waals surface area (Å²) >= 11 is 0. The third-order valence-corrected chi connectivity index (χ3v) is 3.03. The van der Waals surface area contributed by atoms with E-state index in [1.54, 1.807) is 0 Å². The lowest BCUT2D eigenvalue weighted by Gasteiger charge is -2.37. The zero-order valence-electron chi connectivity index (χ0n) is 10.3. The van der Waals surface area contributed by atoms with E-state index in [0.717, 1.165) is 26.2 Å². The molecule has 2 rings (SSSR count). The summed E-state index contributed by atoms with van der Waals surface area (Å²) in [5.74, 6) is 1.17. The Balaban J connectivity index is 2.25. The molecule has 0 aliphatic carbocycles. The molecule has 3 heteroatoms. The monoisotopic (exact) mass is 219 g/mol. The van der Waals surface area contributed by atoms with E-state index in [4.69, 9.17) is 0 Å². The normalized spacial score (nSPS) is 15.1. The summed E-state index contributed by atoms with van der Waals surface area (Å²) < 4.78 is 0. The van der Waals surface area contributed by atoms with Crippen molar-refractivity contribution in [2.45, 2.75) is 26.7 Å². The summed E-state index contributed by atoms with van der Waals surface area (Å²) in [6, 6.07) is 4.23. The maximum Gasteiger partial charge on any atom is 0.152 e. The van der Waals surface area contributed by atoms with E-state index >= 15 is 0 Å². The van der Waals surface area contributed by atoms with Gasteiger partial charge in [-0.15, -0.1) is 0 Å². The van der Waals surface area contributed by atoms with Crippen LogP contribution in [0.5, 0.6) is 0 Å². The van der Waals surface area contributed by atoms with Gasteiger partial charge in [0.05, 0.1) is 5.69 Å². The van der Waals surface area contributed by atoms with Gasteiger partial charge in [0.25, 0.3) is 0 Å². The smallest absolute Gasteiger partial charge is 0.152 e. The first kappa shape index (κ1) is 11.2. The number of hydrogen-bond acceptors (Lipinski definition) is 3. The van der Waals surface area contributed by atoms with Crippen LogP contribution in [0.3, 0.4) is 0 Å². The van der Waals surface area contributed by atoms with E-state index in [2.05, 4.69) is 34.7 Å². The lowest BCUT2D eigenvalue weighted by atomic mass is 10.2. The summed E-state index contributed by atoms with van der Waals surface area (Å²) in [5.41, 5.74) is 1.31. The molecule has 0 radical (unpaired) electrons. The Kier molecular flexibility index (Phi) is 3.65. The van der Waals surface area contributed by atoms with Gasteiger partial charge >= 0.3 is 0 Å². The number of hydrogen-bond donors (Lipinski definition) is 0. The van der Waals surface area contributed by atoms with Crippen molar-refractivity contribution in [1.82, 2.24) is 4.98 Å². The van der Waals surface area contributed by atoms with E-state index in [1.165, 1.54) is 24.3 Å². The van der Waals surface area contributed by atoms with Crippen LogP contribution in [0.25, 0.3) is 0 Å². The number of nitrogens with zero attached hydrogens (tertiary/aromatic N) is 3. The van der Waals surface area contributed by atoms with E-state index in [-0.39, 0.29) is 0 Å². The molecule has 0 N–H and O–H groups in total. The van der Waals surface area contributed by atoms with Gasteiger partial charge in [-0.1, -0.05) is 13.8 Å². The Hall–Kier alpha value is -1.25. The van der Waals surface area contributed by atoms with Gasteiger partial charge < -0.3 is 9.80 Å². The molecule has 88 valence electrons. The van der Waals surface area contributed by atoms with Crippen molar-refractivity contribution in [3.05, 3.63) is 18.3 Å². The number of fused-ring (bicyclic) bond motifs is 1. The second-order valence-corrected chi connectivity index (χ2v) is 4.32. The molecule has 2 heterocycles. The van der Waals surface area contributed by atoms with Crippen molar-refractivity contribution in [2.24, 2.45) is 0 Å². The summed E-state index contributed by atoms with van der Waals surface area (Å²) in [6.45, 7) is 8.95. The Morgan fingerprint density at radius 2 is 1.81 bits per heavy atom. The van der Waals surface area contributed by atoms with Gasteiger partial charge in [0.2, 0.25) is 0 Å². The van der Waals surface area contributed by atoms with Gasteiger partial charge in [0.15, 0.2) is 5.82 Å². The number of aromatic nitrogens is 1. The van der Waals surface area contributed by atoms with E-state index in [1.807, 2.05) is 12.3 Å². The molecule has 0 aromatic carbocycles. The van der Waals surface area contributed by atoms with Crippen molar-refractivity contribution in [3.63, 3.8) is 0 Å². The van der Waals surface area contributed by atoms with Gasteiger partial charge in [-0.05, 0) is 25.0 Å². The van der Waals surface area contributed by atoms with Crippen molar-refractivity contribution in [1.29, 1.82) is 0 Å². The van der Waals surface area contributed by atoms with Crippen molar-refractivity contribution in [2.75, 3.05) is 36.0 Å². The van der Waals surface area contributed by atoms with Gasteiger partial charge in [0, 0.05) is 32.4 Å². The van der Waals surface area contributed by atoms with E-state index in [9.17, 15) is 0 Å². The molecule has 0 atom stereocenters. The molecule has 1 aromatic heterocycles. The third kappa shape index (κ3) is 2.13. The summed E-state index contributed by atoms with van der Waals surface area (Å²) in [7, 11) is 0. The lowest BCUT2D eigenvalue weighted by molar-refractivity contribution is 0.670. The Morgan fingerprint density at radius 3 is 2.56 bits per heavy atom. The van der Waals surface area contributed by atoms with Gasteiger partial charge in [0.1, 0.15) is 0 Å². The Morgan fingerprint density at radius 1 is 1.12 bits per heavy atom. The van der Waals surface area contributed by atoms with Gasteiger partial charge in [-0.2, -0.15) is 0 Å². The molecule has 1 aromatic rings. The molecule has 3 nitrogen and oxygen atoms in total. The molecular weight excluding hydrogens is 198 g/mol. The average Bonchev–Trinajstić information content (AvgIpc) is 2.33. The van der Waals surface area contributed by atoms with Crippen LogP contribution >= 0.6 is 0 Å². The van der Waals surface area contributed by atoms with Crippen LogP contribution in [-0.4, -0.2) is 31.2 Å². The Bertz CT molecular complexity index is 305. The van der Waals surface area contributed by atoms with Crippen LogP contribution < -0.4 is 9.80 Å². The predicted molar refractivity (Wildman–Crippen MR) is 69.2 cm³/mol. The fraction of sp³-hybridized carbons (Fsp3) is 0.615. The highest BCUT2D eigenvalue weighted by Gasteiger charge is 2.21. The van der Waals surface area contributed by atoms with Crippen LogP contribution in [0.1, 0.15) is 26.7 Å². The minimum atomic E-state index is 1.11. The fourth-order valence-electron chi connectivity index (χ4n) is 2.34. The predicted octanol–water partition coefficient (Wildman–Crippen LogP) is 2.53. The highest BCUT2D eigenvalue weighted by atomic mass is 15.3. The summed E-state index contributed by atoms with van der Waals surface area (Å²) in [4.78, 5) is 9.39. The van der Waals surface area contributed by atoms with Crippen molar-refractivity contribution < 1.29 is 0 Å². The maximum atomic E-state index is 4.54. The molecule has 1 aliphatic rings. The molecule has 0 spiro atoms. The Labute approximate surface area is 98.1 Å². The molecule has 0 fully saturated rings. The van der Waals surface area contributed by atoms with Crippen LogP contribution in [0.15, 0.2) is 18.3 Å². The minimum Gasteiger partial charge on any atom is -0.367 e. The number of anilines is 2. The zero-order valence-corrected chi connectivity index (χ0v) is 10.3. The minimum absolute atomic E-state index is 1.11. The topological polar surface area (TPSA) is 19.4 Å². The zero-order chi connectivity index (χ0) is 11.4. The highest BCUT2D eigenvalue weighted by molar-refractivity contribution is 5.69. The van der Waals surface area contributed by atoms with E-state index < -0.39 is 0 Å². The fourth-order valence-corrected chi connectivity index (χ4v) is 2.34. The average molecular weight is 219 g/mol. The van der Waals surface area contributed by atoms with Crippen LogP contribution in [-0.2, 0) is 0 Å². The molecule has 0 amide bonds. The van der Waals surface area contributed by atoms with E-state index in [0.29, 0.717) is 0 Å². The largest absolute Gasteiger partial charge is 0.367 e. The second kappa shape index (κ2) is 5.19. The molecular formula is C13H21N3. The lowest BCUT2D eigenvalue weighted by Crippen LogP contribution is -2.42. The third-order valence-electron chi connectivity index (χ3n) is 3.03. The van der Waals surface area contributed by atoms with Gasteiger partial charge in [-0.25, -0.2) is 4.98 Å². The molecule has 1 aliphatic heterocycles. The van der Waals surface area contributed by atoms with Crippen molar-refractivity contribution in [3.8, 4) is 0 Å². The molecule has 0 saturated carbocycles. The quantitative estimate of drug-likeness (QED) is 0.775. The summed E-state index contributed by atoms with van der Waals surface area (Å²) in [5, 5.41) is 0. The SMILES string of the molecule is CCCN1CCN(CCC)c2ncccc21. The van der Waals surface area contributed by atoms with Crippen molar-refractivity contribution >= 4 is 11.5 Å². The first-order chi connectivity index (χ1) is 7.86. The molecule has 0 unspecified atom stereocenters. The van der Waals surface area contributed by atoms with Crippen LogP contribution in [0.4, 0.5) is 11.5 Å². The highest BCUT2D eigenvalue weighted by Crippen LogP contribution is 2.30.